The smallest absolute Gasteiger partial charge is 0.270 e. The second kappa shape index (κ2) is 6.02. The summed E-state index contributed by atoms with van der Waals surface area (Å²) in [6, 6.07) is 5.28. The Morgan fingerprint density at radius 1 is 1.53 bits per heavy atom. The van der Waals surface area contributed by atoms with Crippen LogP contribution in [0.3, 0.4) is 0 Å². The van der Waals surface area contributed by atoms with Gasteiger partial charge in [-0.25, -0.2) is 0 Å². The monoisotopic (exact) mass is 264 g/mol. The summed E-state index contributed by atoms with van der Waals surface area (Å²) in [6.07, 6.45) is 3.68. The van der Waals surface area contributed by atoms with Gasteiger partial charge in [0, 0.05) is 30.3 Å². The summed E-state index contributed by atoms with van der Waals surface area (Å²) in [5.74, 6) is 1.47. The van der Waals surface area contributed by atoms with E-state index in [1.54, 1.807) is 19.2 Å². The second-order valence-electron chi connectivity index (χ2n) is 5.03. The zero-order chi connectivity index (χ0) is 13.8. The van der Waals surface area contributed by atoms with Gasteiger partial charge in [0.1, 0.15) is 5.75 Å². The van der Waals surface area contributed by atoms with Crippen LogP contribution in [-0.4, -0.2) is 18.1 Å². The fourth-order valence-corrected chi connectivity index (χ4v) is 2.45. The highest BCUT2D eigenvalue weighted by molar-refractivity contribution is 5.43. The van der Waals surface area contributed by atoms with E-state index in [0.717, 1.165) is 11.5 Å². The van der Waals surface area contributed by atoms with Crippen molar-refractivity contribution in [2.75, 3.05) is 7.11 Å². The number of methoxy groups -OCH3 is 1. The Morgan fingerprint density at radius 2 is 2.32 bits per heavy atom. The fraction of sp³-hybridized carbons (Fsp3) is 0.571. The molecule has 0 saturated heterocycles. The van der Waals surface area contributed by atoms with E-state index in [4.69, 9.17) is 4.74 Å². The Hall–Kier alpha value is -1.62. The van der Waals surface area contributed by atoms with Crippen LogP contribution in [0.15, 0.2) is 18.2 Å². The van der Waals surface area contributed by atoms with Gasteiger partial charge in [-0.1, -0.05) is 13.3 Å². The maximum atomic E-state index is 10.8. The van der Waals surface area contributed by atoms with Crippen molar-refractivity contribution < 1.29 is 9.66 Å². The number of nitrogens with one attached hydrogen (secondary N) is 1. The van der Waals surface area contributed by atoms with E-state index in [1.165, 1.54) is 25.3 Å². The highest BCUT2D eigenvalue weighted by atomic mass is 16.6. The molecule has 0 amide bonds. The summed E-state index contributed by atoms with van der Waals surface area (Å²) in [5.41, 5.74) is 0.956. The average Bonchev–Trinajstić information content (AvgIpc) is 3.14. The van der Waals surface area contributed by atoms with Crippen LogP contribution in [0.2, 0.25) is 0 Å². The molecule has 1 aliphatic rings. The molecular formula is C14H20N2O3. The number of nitro benzene ring substituents is 1. The van der Waals surface area contributed by atoms with Crippen molar-refractivity contribution in [3.05, 3.63) is 33.9 Å². The Labute approximate surface area is 113 Å². The molecule has 5 heteroatoms. The van der Waals surface area contributed by atoms with Gasteiger partial charge in [-0.2, -0.15) is 0 Å². The summed E-state index contributed by atoms with van der Waals surface area (Å²) in [6.45, 7) is 2.81. The minimum atomic E-state index is -0.375. The van der Waals surface area contributed by atoms with Gasteiger partial charge in [-0.3, -0.25) is 10.1 Å². The molecule has 1 aromatic rings. The number of hydrogen-bond donors (Lipinski definition) is 1. The molecule has 2 unspecified atom stereocenters. The van der Waals surface area contributed by atoms with Crippen molar-refractivity contribution in [2.24, 2.45) is 5.92 Å². The minimum Gasteiger partial charge on any atom is -0.496 e. The first-order valence-corrected chi connectivity index (χ1v) is 6.70. The van der Waals surface area contributed by atoms with Crippen LogP contribution in [0.1, 0.15) is 31.7 Å². The summed E-state index contributed by atoms with van der Waals surface area (Å²) in [4.78, 5) is 10.4. The zero-order valence-corrected chi connectivity index (χ0v) is 11.4. The molecule has 1 N–H and O–H groups in total. The van der Waals surface area contributed by atoms with E-state index < -0.39 is 0 Å². The lowest BCUT2D eigenvalue weighted by atomic mass is 10.1. The van der Waals surface area contributed by atoms with E-state index >= 15 is 0 Å². The third kappa shape index (κ3) is 3.44. The number of ether oxygens (including phenoxy) is 1. The minimum absolute atomic E-state index is 0.110. The van der Waals surface area contributed by atoms with E-state index in [2.05, 4.69) is 12.2 Å². The van der Waals surface area contributed by atoms with Crippen molar-refractivity contribution in [1.82, 2.24) is 5.32 Å². The van der Waals surface area contributed by atoms with Crippen LogP contribution >= 0.6 is 0 Å². The van der Waals surface area contributed by atoms with Crippen molar-refractivity contribution in [3.8, 4) is 5.75 Å². The molecular weight excluding hydrogens is 244 g/mol. The third-order valence-corrected chi connectivity index (χ3v) is 3.61. The molecule has 0 spiro atoms. The Bertz CT molecular complexity index is 462. The normalized spacial score (nSPS) is 21.2. The number of hydrogen-bond acceptors (Lipinski definition) is 4. The van der Waals surface area contributed by atoms with E-state index in [1.807, 2.05) is 0 Å². The summed E-state index contributed by atoms with van der Waals surface area (Å²) in [5, 5.41) is 14.2. The molecule has 1 aromatic carbocycles. The predicted molar refractivity (Wildman–Crippen MR) is 73.3 cm³/mol. The zero-order valence-electron chi connectivity index (χ0n) is 11.4. The van der Waals surface area contributed by atoms with Gasteiger partial charge in [0.2, 0.25) is 0 Å². The standard InChI is InChI=1S/C14H20N2O3/c1-3-4-10-8-13(10)15-9-11-7-12(16(17)18)5-6-14(11)19-2/h5-7,10,13,15H,3-4,8-9H2,1-2H3. The quantitative estimate of drug-likeness (QED) is 0.607. The van der Waals surface area contributed by atoms with Crippen LogP contribution in [0.4, 0.5) is 5.69 Å². The SMILES string of the molecule is CCCC1CC1NCc1cc([N+](=O)[O-])ccc1OC. The summed E-state index contributed by atoms with van der Waals surface area (Å²) < 4.78 is 5.24. The lowest BCUT2D eigenvalue weighted by molar-refractivity contribution is -0.384. The van der Waals surface area contributed by atoms with Gasteiger partial charge in [-0.15, -0.1) is 0 Å². The molecule has 104 valence electrons. The number of benzene rings is 1. The van der Waals surface area contributed by atoms with E-state index in [9.17, 15) is 10.1 Å². The van der Waals surface area contributed by atoms with Gasteiger partial charge in [0.05, 0.1) is 12.0 Å². The molecule has 1 aliphatic carbocycles. The molecule has 5 nitrogen and oxygen atoms in total. The molecule has 0 radical (unpaired) electrons. The van der Waals surface area contributed by atoms with Gasteiger partial charge in [0.15, 0.2) is 0 Å². The Morgan fingerprint density at radius 3 is 2.95 bits per heavy atom. The van der Waals surface area contributed by atoms with Crippen LogP contribution in [-0.2, 0) is 6.54 Å². The maximum Gasteiger partial charge on any atom is 0.270 e. The van der Waals surface area contributed by atoms with Crippen molar-refractivity contribution in [1.29, 1.82) is 0 Å². The van der Waals surface area contributed by atoms with Crippen molar-refractivity contribution in [3.63, 3.8) is 0 Å². The third-order valence-electron chi connectivity index (χ3n) is 3.61. The first kappa shape index (κ1) is 13.8. The van der Waals surface area contributed by atoms with Crippen LogP contribution in [0.5, 0.6) is 5.75 Å². The van der Waals surface area contributed by atoms with Crippen molar-refractivity contribution in [2.45, 2.75) is 38.8 Å². The van der Waals surface area contributed by atoms with E-state index in [-0.39, 0.29) is 10.6 Å². The van der Waals surface area contributed by atoms with Gasteiger partial charge in [-0.05, 0) is 24.8 Å². The van der Waals surface area contributed by atoms with Crippen LogP contribution in [0, 0.1) is 16.0 Å². The molecule has 0 heterocycles. The molecule has 0 aromatic heterocycles. The number of non-ortho nitro benzene ring substituents is 1. The number of rotatable bonds is 7. The first-order chi connectivity index (χ1) is 9.15. The molecule has 0 bridgehead atoms. The highest BCUT2D eigenvalue weighted by Crippen LogP contribution is 2.35. The van der Waals surface area contributed by atoms with E-state index in [0.29, 0.717) is 18.3 Å². The maximum absolute atomic E-state index is 10.8. The van der Waals surface area contributed by atoms with Crippen LogP contribution < -0.4 is 10.1 Å². The van der Waals surface area contributed by atoms with Gasteiger partial charge >= 0.3 is 0 Å². The van der Waals surface area contributed by atoms with Gasteiger partial charge < -0.3 is 10.1 Å². The molecule has 19 heavy (non-hydrogen) atoms. The predicted octanol–water partition coefficient (Wildman–Crippen LogP) is 2.88. The second-order valence-corrected chi connectivity index (χ2v) is 5.03. The fourth-order valence-electron chi connectivity index (χ4n) is 2.45. The largest absolute Gasteiger partial charge is 0.496 e. The molecule has 0 aliphatic heterocycles. The molecule has 2 rings (SSSR count). The highest BCUT2D eigenvalue weighted by Gasteiger charge is 2.35. The molecule has 2 atom stereocenters. The Balaban J connectivity index is 1.98. The lowest BCUT2D eigenvalue weighted by Crippen LogP contribution is -2.18. The summed E-state index contributed by atoms with van der Waals surface area (Å²) >= 11 is 0. The number of nitro groups is 1. The topological polar surface area (TPSA) is 64.4 Å². The average molecular weight is 264 g/mol. The molecule has 1 fully saturated rings. The van der Waals surface area contributed by atoms with Crippen molar-refractivity contribution >= 4 is 5.69 Å². The first-order valence-electron chi connectivity index (χ1n) is 6.70. The lowest BCUT2D eigenvalue weighted by Gasteiger charge is -2.09. The van der Waals surface area contributed by atoms with Crippen LogP contribution in [0.25, 0.3) is 0 Å². The van der Waals surface area contributed by atoms with Gasteiger partial charge in [0.25, 0.3) is 5.69 Å². The summed E-state index contributed by atoms with van der Waals surface area (Å²) in [7, 11) is 1.58. The number of nitrogens with zero attached hydrogens (tertiary/aromatic N) is 1. The molecule has 1 saturated carbocycles. The Kier molecular flexibility index (Phi) is 4.37.